The van der Waals surface area contributed by atoms with Crippen LogP contribution in [0.3, 0.4) is 0 Å². The lowest BCUT2D eigenvalue weighted by Gasteiger charge is -2.16. The van der Waals surface area contributed by atoms with Gasteiger partial charge in [-0.15, -0.1) is 0 Å². The molecule has 9 heteroatoms. The topological polar surface area (TPSA) is 111 Å². The number of carbonyl (C=O) groups excluding carboxylic acids is 1. The van der Waals surface area contributed by atoms with Crippen molar-refractivity contribution in [2.75, 3.05) is 13.1 Å². The number of benzene rings is 1. The second-order valence-corrected chi connectivity index (χ2v) is 3.52. The van der Waals surface area contributed by atoms with Crippen molar-refractivity contribution >= 4 is 11.6 Å². The zero-order valence-corrected chi connectivity index (χ0v) is 9.84. The van der Waals surface area contributed by atoms with E-state index in [-0.39, 0.29) is 0 Å². The van der Waals surface area contributed by atoms with Crippen LogP contribution in [0.1, 0.15) is 10.4 Å². The van der Waals surface area contributed by atoms with E-state index >= 15 is 0 Å². The Labute approximate surface area is 111 Å². The van der Waals surface area contributed by atoms with Gasteiger partial charge in [0.15, 0.2) is 0 Å². The first-order chi connectivity index (χ1) is 9.42. The molecule has 0 atom stereocenters. The molecule has 0 aliphatic carbocycles. The Morgan fingerprint density at radius 1 is 1.30 bits per heavy atom. The summed E-state index contributed by atoms with van der Waals surface area (Å²) in [5.74, 6) is -3.86. The average molecular weight is 280 g/mol. The molecule has 0 bridgehead atoms. The Bertz CT molecular complexity index is 632. The monoisotopic (exact) mass is 280 g/mol. The highest BCUT2D eigenvalue weighted by molar-refractivity contribution is 5.95. The first-order valence-corrected chi connectivity index (χ1v) is 5.09. The molecule has 0 aliphatic rings. The van der Waals surface area contributed by atoms with E-state index in [0.29, 0.717) is 17.0 Å². The normalized spacial score (nSPS) is 9.40. The van der Waals surface area contributed by atoms with Crippen LogP contribution < -0.4 is 0 Å². The molecular formula is C11H6F2N4O3. The van der Waals surface area contributed by atoms with Gasteiger partial charge in [0.25, 0.3) is 5.91 Å². The van der Waals surface area contributed by atoms with Crippen molar-refractivity contribution in [3.63, 3.8) is 0 Å². The number of amides is 1. The van der Waals surface area contributed by atoms with Crippen LogP contribution in [0.25, 0.3) is 0 Å². The van der Waals surface area contributed by atoms with E-state index in [4.69, 9.17) is 10.5 Å². The minimum absolute atomic E-state index is 0.338. The van der Waals surface area contributed by atoms with Crippen LogP contribution in [0.2, 0.25) is 0 Å². The van der Waals surface area contributed by atoms with E-state index in [1.165, 1.54) is 0 Å². The number of nitro benzene ring substituents is 1. The van der Waals surface area contributed by atoms with E-state index in [1.54, 1.807) is 12.1 Å². The molecule has 1 rings (SSSR count). The maximum absolute atomic E-state index is 13.8. The van der Waals surface area contributed by atoms with Crippen molar-refractivity contribution in [2.45, 2.75) is 0 Å². The van der Waals surface area contributed by atoms with Gasteiger partial charge in [-0.25, -0.2) is 4.39 Å². The van der Waals surface area contributed by atoms with E-state index in [1.807, 2.05) is 0 Å². The molecule has 0 fully saturated rings. The fraction of sp³-hybridized carbons (Fsp3) is 0.182. The van der Waals surface area contributed by atoms with Crippen LogP contribution in [0, 0.1) is 44.4 Å². The molecule has 0 aromatic heterocycles. The van der Waals surface area contributed by atoms with Crippen LogP contribution >= 0.6 is 0 Å². The molecule has 0 saturated carbocycles. The molecule has 102 valence electrons. The predicted molar refractivity (Wildman–Crippen MR) is 60.1 cm³/mol. The van der Waals surface area contributed by atoms with Crippen LogP contribution in [-0.4, -0.2) is 28.8 Å². The molecule has 7 nitrogen and oxygen atoms in total. The van der Waals surface area contributed by atoms with Gasteiger partial charge in [-0.1, -0.05) is 0 Å². The summed E-state index contributed by atoms with van der Waals surface area (Å²) in [5.41, 5.74) is -2.09. The van der Waals surface area contributed by atoms with Gasteiger partial charge in [0, 0.05) is 0 Å². The molecule has 0 spiro atoms. The summed E-state index contributed by atoms with van der Waals surface area (Å²) in [6.45, 7) is -1.06. The summed E-state index contributed by atoms with van der Waals surface area (Å²) in [7, 11) is 0. The third kappa shape index (κ3) is 3.03. The number of nitro groups is 1. The van der Waals surface area contributed by atoms with Crippen LogP contribution in [0.15, 0.2) is 12.1 Å². The van der Waals surface area contributed by atoms with E-state index in [9.17, 15) is 23.7 Å². The minimum atomic E-state index is -1.51. The Hall–Kier alpha value is -3.07. The maximum Gasteiger partial charge on any atom is 0.308 e. The number of hydrogen-bond acceptors (Lipinski definition) is 5. The second-order valence-electron chi connectivity index (χ2n) is 3.52. The van der Waals surface area contributed by atoms with Gasteiger partial charge >= 0.3 is 5.69 Å². The van der Waals surface area contributed by atoms with Gasteiger partial charge in [0.1, 0.15) is 18.9 Å². The van der Waals surface area contributed by atoms with Crippen molar-refractivity contribution in [3.8, 4) is 12.1 Å². The smallest absolute Gasteiger partial charge is 0.308 e. The molecule has 0 unspecified atom stereocenters. The lowest BCUT2D eigenvalue weighted by atomic mass is 10.1. The van der Waals surface area contributed by atoms with Gasteiger partial charge in [0.2, 0.25) is 5.82 Å². The molecule has 0 radical (unpaired) electrons. The molecule has 1 aromatic rings. The Balaban J connectivity index is 3.32. The first-order valence-electron chi connectivity index (χ1n) is 5.09. The highest BCUT2D eigenvalue weighted by Crippen LogP contribution is 2.23. The molecule has 20 heavy (non-hydrogen) atoms. The Kier molecular flexibility index (Phi) is 4.65. The van der Waals surface area contributed by atoms with Crippen molar-refractivity contribution in [1.82, 2.24) is 4.90 Å². The van der Waals surface area contributed by atoms with Gasteiger partial charge in [-0.05, 0) is 6.07 Å². The van der Waals surface area contributed by atoms with Crippen molar-refractivity contribution < 1.29 is 18.5 Å². The maximum atomic E-state index is 13.8. The molecule has 0 aliphatic heterocycles. The molecule has 0 heterocycles. The zero-order valence-electron chi connectivity index (χ0n) is 9.84. The van der Waals surface area contributed by atoms with Gasteiger partial charge in [0.05, 0.1) is 28.7 Å². The number of rotatable bonds is 4. The van der Waals surface area contributed by atoms with Crippen LogP contribution in [0.4, 0.5) is 14.5 Å². The molecule has 1 amide bonds. The zero-order chi connectivity index (χ0) is 15.3. The Morgan fingerprint density at radius 2 is 1.85 bits per heavy atom. The molecule has 1 aromatic carbocycles. The van der Waals surface area contributed by atoms with Crippen LogP contribution in [0.5, 0.6) is 0 Å². The fourth-order valence-corrected chi connectivity index (χ4v) is 1.40. The highest BCUT2D eigenvalue weighted by Gasteiger charge is 2.27. The third-order valence-corrected chi connectivity index (χ3v) is 2.26. The first kappa shape index (κ1) is 15.0. The summed E-state index contributed by atoms with van der Waals surface area (Å²) < 4.78 is 27.0. The summed E-state index contributed by atoms with van der Waals surface area (Å²) >= 11 is 0. The van der Waals surface area contributed by atoms with Crippen molar-refractivity contribution in [1.29, 1.82) is 10.5 Å². The third-order valence-electron chi connectivity index (χ3n) is 2.26. The van der Waals surface area contributed by atoms with Crippen molar-refractivity contribution in [2.24, 2.45) is 0 Å². The molecule has 0 saturated heterocycles. The van der Waals surface area contributed by atoms with Crippen LogP contribution in [-0.2, 0) is 0 Å². The van der Waals surface area contributed by atoms with Crippen molar-refractivity contribution in [3.05, 3.63) is 39.4 Å². The quantitative estimate of drug-likeness (QED) is 0.469. The number of nitriles is 2. The summed E-state index contributed by atoms with van der Waals surface area (Å²) in [4.78, 5) is 21.9. The largest absolute Gasteiger partial charge is 0.312 e. The summed E-state index contributed by atoms with van der Waals surface area (Å²) in [5, 5.41) is 27.5. The van der Waals surface area contributed by atoms with E-state index in [2.05, 4.69) is 0 Å². The average Bonchev–Trinajstić information content (AvgIpc) is 2.39. The molecular weight excluding hydrogens is 274 g/mol. The van der Waals surface area contributed by atoms with E-state index in [0.717, 1.165) is 0 Å². The summed E-state index contributed by atoms with van der Waals surface area (Å²) in [6.07, 6.45) is 0. The van der Waals surface area contributed by atoms with Gasteiger partial charge in [-0.3, -0.25) is 14.9 Å². The predicted octanol–water partition coefficient (Wildman–Crippen LogP) is 1.36. The standard InChI is InChI=1S/C11H6F2N4O3/c12-7-5-8(10(13)9(6-7)17(19)20)11(18)16(3-1-14)4-2-15/h5-6H,3-4H2. The lowest BCUT2D eigenvalue weighted by molar-refractivity contribution is -0.387. The number of carbonyl (C=O) groups is 1. The highest BCUT2D eigenvalue weighted by atomic mass is 19.1. The summed E-state index contributed by atoms with van der Waals surface area (Å²) in [6, 6.07) is 3.97. The van der Waals surface area contributed by atoms with E-state index < -0.39 is 46.8 Å². The van der Waals surface area contributed by atoms with Gasteiger partial charge in [-0.2, -0.15) is 14.9 Å². The second kappa shape index (κ2) is 6.20. The SMILES string of the molecule is N#CCN(CC#N)C(=O)c1cc(F)cc([N+](=O)[O-])c1F. The minimum Gasteiger partial charge on any atom is -0.312 e. The number of halogens is 2. The fourth-order valence-electron chi connectivity index (χ4n) is 1.40. The molecule has 0 N–H and O–H groups in total. The van der Waals surface area contributed by atoms with Gasteiger partial charge < -0.3 is 4.90 Å². The number of hydrogen-bond donors (Lipinski definition) is 0. The lowest BCUT2D eigenvalue weighted by Crippen LogP contribution is -2.32. The Morgan fingerprint density at radius 3 is 2.30 bits per heavy atom. The number of nitrogens with zero attached hydrogens (tertiary/aromatic N) is 4.